The van der Waals surface area contributed by atoms with Crippen LogP contribution in [0.2, 0.25) is 0 Å². The predicted octanol–water partition coefficient (Wildman–Crippen LogP) is 0.188. The Morgan fingerprint density at radius 1 is 1.10 bits per heavy atom. The van der Waals surface area contributed by atoms with Crippen molar-refractivity contribution in [1.82, 2.24) is 34.4 Å². The maximum atomic E-state index is 12.3. The molecule has 0 saturated carbocycles. The van der Waals surface area contributed by atoms with E-state index in [1.165, 1.54) is 21.8 Å². The van der Waals surface area contributed by atoms with Gasteiger partial charge in [-0.3, -0.25) is 9.13 Å². The second-order valence-corrected chi connectivity index (χ2v) is 9.94. The van der Waals surface area contributed by atoms with Gasteiger partial charge in [-0.25, -0.2) is 19.7 Å². The minimum atomic E-state index is -1.19. The first-order valence-electron chi connectivity index (χ1n) is 12.2. The van der Waals surface area contributed by atoms with E-state index >= 15 is 0 Å². The number of aromatic nitrogens is 6. The molecule has 15 heteroatoms. The third-order valence-corrected chi connectivity index (χ3v) is 6.97. The zero-order valence-corrected chi connectivity index (χ0v) is 22.3. The van der Waals surface area contributed by atoms with Crippen LogP contribution < -0.4 is 27.2 Å². The monoisotopic (exact) mass is 601 g/mol. The van der Waals surface area contributed by atoms with E-state index in [-0.39, 0.29) is 18.2 Å². The molecule has 14 nitrogen and oxygen atoms in total. The molecule has 4 atom stereocenters. The van der Waals surface area contributed by atoms with Crippen LogP contribution in [-0.2, 0) is 17.8 Å². The van der Waals surface area contributed by atoms with Gasteiger partial charge in [0.25, 0.3) is 0 Å². The number of anilines is 2. The minimum Gasteiger partial charge on any atom is -0.492 e. The summed E-state index contributed by atoms with van der Waals surface area (Å²) >= 11 is 3.38. The number of halogens is 1. The highest BCUT2D eigenvalue weighted by atomic mass is 79.9. The molecule has 5 rings (SSSR count). The van der Waals surface area contributed by atoms with Crippen molar-refractivity contribution in [3.8, 4) is 5.75 Å². The summed E-state index contributed by atoms with van der Waals surface area (Å²) in [6.45, 7) is 1.36. The average Bonchev–Trinajstić information content (AvgIpc) is 3.47. The molecule has 4 aromatic rings. The largest absolute Gasteiger partial charge is 0.492 e. The zero-order valence-electron chi connectivity index (χ0n) is 20.7. The Morgan fingerprint density at radius 2 is 1.90 bits per heavy atom. The molecule has 1 saturated heterocycles. The fraction of sp³-hybridized carbons (Fsp3) is 0.375. The first-order valence-corrected chi connectivity index (χ1v) is 13.0. The Kier molecular flexibility index (Phi) is 8.04. The molecule has 3 aromatic heterocycles. The second-order valence-electron chi connectivity index (χ2n) is 9.02. The highest BCUT2D eigenvalue weighted by Gasteiger charge is 2.43. The van der Waals surface area contributed by atoms with Crippen molar-refractivity contribution in [2.75, 3.05) is 24.6 Å². The van der Waals surface area contributed by atoms with Crippen molar-refractivity contribution < 1.29 is 19.7 Å². The van der Waals surface area contributed by atoms with Crippen LogP contribution in [0.25, 0.3) is 11.2 Å². The van der Waals surface area contributed by atoms with Crippen LogP contribution in [0.3, 0.4) is 0 Å². The Labute approximate surface area is 230 Å². The lowest BCUT2D eigenvalue weighted by molar-refractivity contribution is -0.0367. The van der Waals surface area contributed by atoms with E-state index in [0.29, 0.717) is 48.5 Å². The molecule has 0 bridgehead atoms. The number of aliphatic hydroxyl groups is 2. The molecule has 0 unspecified atom stereocenters. The molecule has 1 aliphatic heterocycles. The van der Waals surface area contributed by atoms with Crippen LogP contribution in [0.5, 0.6) is 5.75 Å². The van der Waals surface area contributed by atoms with E-state index in [9.17, 15) is 15.0 Å². The number of fused-ring (bicyclic) bond motifs is 1. The van der Waals surface area contributed by atoms with E-state index in [2.05, 4.69) is 41.2 Å². The standard InChI is InChI=1S/C24H28BrN9O5/c25-14-1-3-15(4-2-14)38-8-7-33-10-13(20(26)32-24(33)37)9-28-6-5-16-18(35)19(36)23(39-16)34-12-31-17-21(27)29-11-30-22(17)34/h1-4,10-12,16,18-19,23,28,35-36H,5-9H2,(H2,26,32,37)(H2,27,29,30)/t16-,18-,19-,23-/m1/s1. The summed E-state index contributed by atoms with van der Waals surface area (Å²) in [5.41, 5.74) is 12.8. The molecule has 7 N–H and O–H groups in total. The molecule has 1 aromatic carbocycles. The van der Waals surface area contributed by atoms with Crippen molar-refractivity contribution in [3.05, 3.63) is 63.6 Å². The topological polar surface area (TPSA) is 201 Å². The third kappa shape index (κ3) is 5.86. The lowest BCUT2D eigenvalue weighted by Gasteiger charge is -2.16. The van der Waals surface area contributed by atoms with E-state index in [1.54, 1.807) is 6.20 Å². The highest BCUT2D eigenvalue weighted by molar-refractivity contribution is 9.10. The lowest BCUT2D eigenvalue weighted by Crippen LogP contribution is -2.33. The van der Waals surface area contributed by atoms with Crippen LogP contribution in [0.15, 0.2) is 52.4 Å². The number of imidazole rings is 1. The van der Waals surface area contributed by atoms with Crippen molar-refractivity contribution in [3.63, 3.8) is 0 Å². The fourth-order valence-corrected chi connectivity index (χ4v) is 4.62. The number of hydrogen-bond donors (Lipinski definition) is 5. The molecule has 0 spiro atoms. The van der Waals surface area contributed by atoms with Gasteiger partial charge in [0, 0.05) is 22.8 Å². The van der Waals surface area contributed by atoms with E-state index < -0.39 is 30.2 Å². The van der Waals surface area contributed by atoms with E-state index in [4.69, 9.17) is 20.9 Å². The SMILES string of the molecule is Nc1nc(=O)n(CCOc2ccc(Br)cc2)cc1CNCC[C@H]1O[C@@H](n2cnc3c(N)ncnc32)[C@H](O)[C@@H]1O. The van der Waals surface area contributed by atoms with Gasteiger partial charge in [0.15, 0.2) is 17.7 Å². The summed E-state index contributed by atoms with van der Waals surface area (Å²) in [5, 5.41) is 24.4. The number of nitrogens with zero attached hydrogens (tertiary/aromatic N) is 6. The van der Waals surface area contributed by atoms with Gasteiger partial charge in [-0.2, -0.15) is 4.98 Å². The molecular formula is C24H28BrN9O5. The predicted molar refractivity (Wildman–Crippen MR) is 145 cm³/mol. The van der Waals surface area contributed by atoms with Crippen LogP contribution >= 0.6 is 15.9 Å². The maximum Gasteiger partial charge on any atom is 0.349 e. The number of aliphatic hydroxyl groups excluding tert-OH is 2. The summed E-state index contributed by atoms with van der Waals surface area (Å²) < 4.78 is 15.6. The van der Waals surface area contributed by atoms with E-state index in [0.717, 1.165) is 4.47 Å². The Morgan fingerprint density at radius 3 is 2.69 bits per heavy atom. The summed E-state index contributed by atoms with van der Waals surface area (Å²) in [5.74, 6) is 1.04. The van der Waals surface area contributed by atoms with Crippen LogP contribution in [-0.4, -0.2) is 70.7 Å². The van der Waals surface area contributed by atoms with Crippen LogP contribution in [0, 0.1) is 0 Å². The summed E-state index contributed by atoms with van der Waals surface area (Å²) in [6, 6.07) is 7.41. The first-order chi connectivity index (χ1) is 18.8. The summed E-state index contributed by atoms with van der Waals surface area (Å²) in [7, 11) is 0. The van der Waals surface area contributed by atoms with Gasteiger partial charge >= 0.3 is 5.69 Å². The number of nitrogens with two attached hydrogens (primary N) is 2. The maximum absolute atomic E-state index is 12.3. The van der Waals surface area contributed by atoms with Crippen molar-refractivity contribution in [1.29, 1.82) is 0 Å². The number of hydrogen-bond acceptors (Lipinski definition) is 12. The van der Waals surface area contributed by atoms with Gasteiger partial charge in [0.1, 0.15) is 42.2 Å². The van der Waals surface area contributed by atoms with Gasteiger partial charge < -0.3 is 36.5 Å². The molecule has 1 fully saturated rings. The Hall–Kier alpha value is -3.63. The zero-order chi connectivity index (χ0) is 27.5. The van der Waals surface area contributed by atoms with Gasteiger partial charge in [-0.15, -0.1) is 0 Å². The van der Waals surface area contributed by atoms with Crippen molar-refractivity contribution >= 4 is 38.7 Å². The first kappa shape index (κ1) is 27.0. The van der Waals surface area contributed by atoms with Gasteiger partial charge in [-0.1, -0.05) is 15.9 Å². The van der Waals surface area contributed by atoms with Crippen molar-refractivity contribution in [2.24, 2.45) is 0 Å². The van der Waals surface area contributed by atoms with Gasteiger partial charge in [0.2, 0.25) is 0 Å². The second kappa shape index (κ2) is 11.6. The normalized spacial score (nSPS) is 21.0. The van der Waals surface area contributed by atoms with Crippen molar-refractivity contribution in [2.45, 2.75) is 44.1 Å². The molecule has 0 amide bonds. The smallest absolute Gasteiger partial charge is 0.349 e. The van der Waals surface area contributed by atoms with Gasteiger partial charge in [-0.05, 0) is 37.2 Å². The number of nitrogen functional groups attached to an aromatic ring is 2. The molecule has 0 aliphatic carbocycles. The summed E-state index contributed by atoms with van der Waals surface area (Å²) in [6.07, 6.45) is 0.967. The number of rotatable bonds is 10. The quantitative estimate of drug-likeness (QED) is 0.155. The highest BCUT2D eigenvalue weighted by Crippen LogP contribution is 2.33. The van der Waals surface area contributed by atoms with Crippen LogP contribution in [0.1, 0.15) is 18.2 Å². The Bertz CT molecular complexity index is 1500. The number of nitrogens with one attached hydrogen (secondary N) is 1. The number of ether oxygens (including phenoxy) is 2. The molecular weight excluding hydrogens is 574 g/mol. The average molecular weight is 602 g/mol. The number of benzene rings is 1. The molecule has 1 aliphatic rings. The summed E-state index contributed by atoms with van der Waals surface area (Å²) in [4.78, 5) is 28.5. The fourth-order valence-electron chi connectivity index (χ4n) is 4.36. The molecule has 206 valence electrons. The van der Waals surface area contributed by atoms with Crippen LogP contribution in [0.4, 0.5) is 11.6 Å². The van der Waals surface area contributed by atoms with Gasteiger partial charge in [0.05, 0.1) is 19.0 Å². The molecule has 0 radical (unpaired) electrons. The Balaban J connectivity index is 1.14. The molecule has 39 heavy (non-hydrogen) atoms. The molecule has 4 heterocycles. The third-order valence-electron chi connectivity index (χ3n) is 6.44. The van der Waals surface area contributed by atoms with E-state index in [1.807, 2.05) is 24.3 Å². The minimum absolute atomic E-state index is 0.137. The lowest BCUT2D eigenvalue weighted by atomic mass is 10.1.